The fourth-order valence-corrected chi connectivity index (χ4v) is 3.34. The molecule has 1 aliphatic rings. The lowest BCUT2D eigenvalue weighted by atomic mass is 9.85. The van der Waals surface area contributed by atoms with Gasteiger partial charge in [-0.3, -0.25) is 0 Å². The number of anilines is 1. The van der Waals surface area contributed by atoms with Crippen LogP contribution in [0.5, 0.6) is 0 Å². The van der Waals surface area contributed by atoms with E-state index in [-0.39, 0.29) is 17.6 Å². The van der Waals surface area contributed by atoms with Gasteiger partial charge in [0, 0.05) is 18.3 Å². The highest BCUT2D eigenvalue weighted by molar-refractivity contribution is 5.68. The van der Waals surface area contributed by atoms with E-state index in [1.54, 1.807) is 0 Å². The van der Waals surface area contributed by atoms with E-state index >= 15 is 0 Å². The first-order valence-electron chi connectivity index (χ1n) is 9.87. The van der Waals surface area contributed by atoms with Gasteiger partial charge in [-0.25, -0.2) is 4.79 Å². The van der Waals surface area contributed by atoms with E-state index in [1.807, 2.05) is 20.8 Å². The van der Waals surface area contributed by atoms with Gasteiger partial charge < -0.3 is 15.4 Å². The van der Waals surface area contributed by atoms with Crippen LogP contribution < -0.4 is 10.6 Å². The molecule has 1 aliphatic carbocycles. The minimum Gasteiger partial charge on any atom is -0.444 e. The smallest absolute Gasteiger partial charge is 0.407 e. The van der Waals surface area contributed by atoms with Crippen molar-refractivity contribution in [2.75, 3.05) is 11.9 Å². The summed E-state index contributed by atoms with van der Waals surface area (Å²) in [6.07, 6.45) is 4.02. The third-order valence-electron chi connectivity index (χ3n) is 4.91. The average molecular weight is 361 g/mol. The summed E-state index contributed by atoms with van der Waals surface area (Å²) in [4.78, 5) is 11.9. The average Bonchev–Trinajstić information content (AvgIpc) is 2.52. The Hall–Kier alpha value is -1.71. The van der Waals surface area contributed by atoms with E-state index in [0.29, 0.717) is 5.92 Å². The molecule has 1 fully saturated rings. The van der Waals surface area contributed by atoms with Crippen LogP contribution in [-0.2, 0) is 10.2 Å². The fraction of sp³-hybridized carbons (Fsp3) is 0.682. The topological polar surface area (TPSA) is 50.4 Å². The third kappa shape index (κ3) is 6.89. The molecule has 2 rings (SSSR count). The van der Waals surface area contributed by atoms with Crippen molar-refractivity contribution >= 4 is 11.8 Å². The molecule has 1 amide bonds. The highest BCUT2D eigenvalue weighted by Gasteiger charge is 2.24. The lowest BCUT2D eigenvalue weighted by Crippen LogP contribution is -2.41. The van der Waals surface area contributed by atoms with Gasteiger partial charge in [0.25, 0.3) is 0 Å². The molecule has 0 aromatic heterocycles. The second-order valence-corrected chi connectivity index (χ2v) is 9.57. The Morgan fingerprint density at radius 2 is 1.58 bits per heavy atom. The third-order valence-corrected chi connectivity index (χ3v) is 4.91. The summed E-state index contributed by atoms with van der Waals surface area (Å²) in [6, 6.07) is 9.02. The quantitative estimate of drug-likeness (QED) is 0.747. The van der Waals surface area contributed by atoms with Gasteiger partial charge in [0.15, 0.2) is 0 Å². The number of alkyl carbamates (subject to hydrolysis) is 1. The van der Waals surface area contributed by atoms with Crippen LogP contribution in [0.25, 0.3) is 0 Å². The van der Waals surface area contributed by atoms with Crippen molar-refractivity contribution in [3.63, 3.8) is 0 Å². The van der Waals surface area contributed by atoms with Crippen LogP contribution in [0.2, 0.25) is 0 Å². The second-order valence-electron chi connectivity index (χ2n) is 9.57. The van der Waals surface area contributed by atoms with Crippen LogP contribution in [0.1, 0.15) is 72.8 Å². The Kier molecular flexibility index (Phi) is 6.59. The molecule has 1 aromatic rings. The minimum absolute atomic E-state index is 0.193. The Labute approximate surface area is 159 Å². The Morgan fingerprint density at radius 3 is 2.08 bits per heavy atom. The number of ether oxygens (including phenoxy) is 1. The molecule has 0 saturated heterocycles. The normalized spacial score (nSPS) is 21.2. The van der Waals surface area contributed by atoms with Crippen molar-refractivity contribution < 1.29 is 9.53 Å². The maximum absolute atomic E-state index is 11.9. The van der Waals surface area contributed by atoms with Crippen LogP contribution in [0.4, 0.5) is 10.5 Å². The van der Waals surface area contributed by atoms with Crippen molar-refractivity contribution in [3.05, 3.63) is 29.8 Å². The number of benzene rings is 1. The minimum atomic E-state index is -0.437. The molecule has 0 unspecified atom stereocenters. The lowest BCUT2D eigenvalue weighted by Gasteiger charge is -2.30. The summed E-state index contributed by atoms with van der Waals surface area (Å²) in [6.45, 7) is 13.4. The lowest BCUT2D eigenvalue weighted by molar-refractivity contribution is 0.0488. The number of hydrogen-bond donors (Lipinski definition) is 2. The molecule has 26 heavy (non-hydrogen) atoms. The van der Waals surface area contributed by atoms with Crippen LogP contribution >= 0.6 is 0 Å². The summed E-state index contributed by atoms with van der Waals surface area (Å²) in [5.74, 6) is 0.661. The molecule has 4 heteroatoms. The summed E-state index contributed by atoms with van der Waals surface area (Å²) in [5.41, 5.74) is 2.30. The standard InChI is InChI=1S/C22H36N2O2/c1-21(2,3)17-9-13-18(14-10-17)23-15-16-7-11-19(12-8-16)24-20(25)26-22(4,5)6/h9-10,13-14,16,19,23H,7-8,11-12,15H2,1-6H3,(H,24,25). The molecule has 4 nitrogen and oxygen atoms in total. The van der Waals surface area contributed by atoms with Gasteiger partial charge in [0.05, 0.1) is 0 Å². The predicted molar refractivity (Wildman–Crippen MR) is 109 cm³/mol. The summed E-state index contributed by atoms with van der Waals surface area (Å²) in [5, 5.41) is 6.58. The van der Waals surface area contributed by atoms with Crippen molar-refractivity contribution in [1.29, 1.82) is 0 Å². The first kappa shape index (κ1) is 20.6. The van der Waals surface area contributed by atoms with Crippen molar-refractivity contribution in [1.82, 2.24) is 5.32 Å². The molecule has 146 valence electrons. The number of rotatable bonds is 4. The monoisotopic (exact) mass is 360 g/mol. The molecule has 2 N–H and O–H groups in total. The van der Waals surface area contributed by atoms with Crippen molar-refractivity contribution in [2.24, 2.45) is 5.92 Å². The first-order valence-corrected chi connectivity index (χ1v) is 9.87. The maximum atomic E-state index is 11.9. The van der Waals surface area contributed by atoms with Gasteiger partial charge in [-0.15, -0.1) is 0 Å². The van der Waals surface area contributed by atoms with Crippen LogP contribution in [-0.4, -0.2) is 24.3 Å². The maximum Gasteiger partial charge on any atom is 0.407 e. The van der Waals surface area contributed by atoms with Gasteiger partial charge in [-0.2, -0.15) is 0 Å². The molecule has 1 aromatic carbocycles. The SMILES string of the molecule is CC(C)(C)OC(=O)NC1CCC(CNc2ccc(C(C)(C)C)cc2)CC1. The predicted octanol–water partition coefficient (Wildman–Crippen LogP) is 5.48. The molecule has 0 heterocycles. The van der Waals surface area contributed by atoms with E-state index in [2.05, 4.69) is 55.7 Å². The van der Waals surface area contributed by atoms with Crippen LogP contribution in [0.15, 0.2) is 24.3 Å². The Balaban J connectivity index is 1.71. The molecular formula is C22H36N2O2. The van der Waals surface area contributed by atoms with Gasteiger partial charge in [-0.05, 0) is 75.5 Å². The highest BCUT2D eigenvalue weighted by Crippen LogP contribution is 2.26. The molecule has 0 bridgehead atoms. The molecule has 1 saturated carbocycles. The van der Waals surface area contributed by atoms with Crippen LogP contribution in [0.3, 0.4) is 0 Å². The van der Waals surface area contributed by atoms with Gasteiger partial charge in [0.1, 0.15) is 5.60 Å². The molecule has 0 spiro atoms. The van der Waals surface area contributed by atoms with E-state index in [4.69, 9.17) is 4.74 Å². The second kappa shape index (κ2) is 8.32. The Morgan fingerprint density at radius 1 is 1.00 bits per heavy atom. The van der Waals surface area contributed by atoms with Gasteiger partial charge in [-0.1, -0.05) is 32.9 Å². The van der Waals surface area contributed by atoms with E-state index in [0.717, 1.165) is 32.2 Å². The fourth-order valence-electron chi connectivity index (χ4n) is 3.34. The highest BCUT2D eigenvalue weighted by atomic mass is 16.6. The summed E-state index contributed by atoms with van der Waals surface area (Å²) in [7, 11) is 0. The van der Waals surface area contributed by atoms with Crippen LogP contribution in [0, 0.1) is 5.92 Å². The molecule has 0 atom stereocenters. The molecule has 0 radical (unpaired) electrons. The Bertz CT molecular complexity index is 574. The van der Waals surface area contributed by atoms with Gasteiger partial charge in [0.2, 0.25) is 0 Å². The summed E-state index contributed by atoms with van der Waals surface area (Å²) >= 11 is 0. The first-order chi connectivity index (χ1) is 12.0. The van der Waals surface area contributed by atoms with Gasteiger partial charge >= 0.3 is 6.09 Å². The number of carbonyl (C=O) groups excluding carboxylic acids is 1. The zero-order chi connectivity index (χ0) is 19.4. The number of nitrogens with one attached hydrogen (secondary N) is 2. The summed E-state index contributed by atoms with van der Waals surface area (Å²) < 4.78 is 5.34. The molecule has 0 aliphatic heterocycles. The van der Waals surface area contributed by atoms with E-state index in [1.165, 1.54) is 11.3 Å². The number of carbonyl (C=O) groups is 1. The zero-order valence-corrected chi connectivity index (χ0v) is 17.3. The van der Waals surface area contributed by atoms with E-state index in [9.17, 15) is 4.79 Å². The molecular weight excluding hydrogens is 324 g/mol. The van der Waals surface area contributed by atoms with E-state index < -0.39 is 5.60 Å². The van der Waals surface area contributed by atoms with Crippen molar-refractivity contribution in [2.45, 2.75) is 84.3 Å². The zero-order valence-electron chi connectivity index (χ0n) is 17.3. The number of hydrogen-bond acceptors (Lipinski definition) is 3. The van der Waals surface area contributed by atoms with Crippen molar-refractivity contribution in [3.8, 4) is 0 Å². The number of amides is 1. The largest absolute Gasteiger partial charge is 0.444 e.